The first-order valence-electron chi connectivity index (χ1n) is 6.32. The second-order valence-corrected chi connectivity index (χ2v) is 5.63. The number of aliphatic hydroxyl groups is 1. The molecule has 0 amide bonds. The Hall–Kier alpha value is -1.39. The summed E-state index contributed by atoms with van der Waals surface area (Å²) in [7, 11) is 0. The zero-order valence-electron chi connectivity index (χ0n) is 11.4. The van der Waals surface area contributed by atoms with Crippen LogP contribution in [-0.4, -0.2) is 5.11 Å². The van der Waals surface area contributed by atoms with Crippen molar-refractivity contribution in [2.75, 3.05) is 0 Å². The second kappa shape index (κ2) is 6.37. The molecular formula is C16H16BrFO2. The highest BCUT2D eigenvalue weighted by molar-refractivity contribution is 9.10. The molecule has 0 saturated carbocycles. The van der Waals surface area contributed by atoms with Crippen LogP contribution in [0.3, 0.4) is 0 Å². The van der Waals surface area contributed by atoms with Crippen LogP contribution in [0.5, 0.6) is 5.75 Å². The SMILES string of the molecule is Cc1cc(F)ccc1COc1ccc(Br)cc1C(C)O. The lowest BCUT2D eigenvalue weighted by Crippen LogP contribution is -2.02. The van der Waals surface area contributed by atoms with E-state index in [1.807, 2.05) is 25.1 Å². The first-order valence-corrected chi connectivity index (χ1v) is 7.12. The summed E-state index contributed by atoms with van der Waals surface area (Å²) in [5.74, 6) is 0.381. The topological polar surface area (TPSA) is 29.5 Å². The van der Waals surface area contributed by atoms with Gasteiger partial charge in [0.05, 0.1) is 6.10 Å². The molecule has 0 radical (unpaired) electrons. The average Bonchev–Trinajstić information content (AvgIpc) is 2.38. The Morgan fingerprint density at radius 3 is 2.65 bits per heavy atom. The van der Waals surface area contributed by atoms with Gasteiger partial charge in [0.25, 0.3) is 0 Å². The first kappa shape index (κ1) is 15.0. The maximum Gasteiger partial charge on any atom is 0.125 e. The molecule has 0 spiro atoms. The molecule has 0 heterocycles. The molecule has 1 N–H and O–H groups in total. The van der Waals surface area contributed by atoms with Crippen molar-refractivity contribution in [3.63, 3.8) is 0 Å². The number of aliphatic hydroxyl groups excluding tert-OH is 1. The van der Waals surface area contributed by atoms with Crippen molar-refractivity contribution in [2.45, 2.75) is 26.6 Å². The van der Waals surface area contributed by atoms with Crippen molar-refractivity contribution in [2.24, 2.45) is 0 Å². The molecule has 2 aromatic carbocycles. The third-order valence-electron chi connectivity index (χ3n) is 3.11. The molecule has 0 aliphatic rings. The van der Waals surface area contributed by atoms with E-state index in [1.54, 1.807) is 13.0 Å². The maximum absolute atomic E-state index is 13.0. The highest BCUT2D eigenvalue weighted by atomic mass is 79.9. The lowest BCUT2D eigenvalue weighted by atomic mass is 10.1. The fraction of sp³-hybridized carbons (Fsp3) is 0.250. The zero-order chi connectivity index (χ0) is 14.7. The van der Waals surface area contributed by atoms with Gasteiger partial charge in [0.15, 0.2) is 0 Å². The molecule has 1 atom stereocenters. The van der Waals surface area contributed by atoms with E-state index in [9.17, 15) is 9.50 Å². The van der Waals surface area contributed by atoms with Crippen molar-refractivity contribution in [3.8, 4) is 5.75 Å². The summed E-state index contributed by atoms with van der Waals surface area (Å²) < 4.78 is 19.7. The van der Waals surface area contributed by atoms with E-state index >= 15 is 0 Å². The molecule has 0 fully saturated rings. The molecule has 1 unspecified atom stereocenters. The molecule has 4 heteroatoms. The van der Waals surface area contributed by atoms with Gasteiger partial charge in [0.2, 0.25) is 0 Å². The van der Waals surface area contributed by atoms with E-state index < -0.39 is 6.10 Å². The van der Waals surface area contributed by atoms with Crippen molar-refractivity contribution >= 4 is 15.9 Å². The minimum Gasteiger partial charge on any atom is -0.489 e. The van der Waals surface area contributed by atoms with Crippen LogP contribution in [0.25, 0.3) is 0 Å². The van der Waals surface area contributed by atoms with Gasteiger partial charge < -0.3 is 9.84 Å². The highest BCUT2D eigenvalue weighted by Crippen LogP contribution is 2.29. The largest absolute Gasteiger partial charge is 0.489 e. The minimum atomic E-state index is -0.614. The Balaban J connectivity index is 2.18. The predicted molar refractivity (Wildman–Crippen MR) is 80.2 cm³/mol. The van der Waals surface area contributed by atoms with Crippen molar-refractivity contribution in [1.82, 2.24) is 0 Å². The lowest BCUT2D eigenvalue weighted by Gasteiger charge is -2.15. The third-order valence-corrected chi connectivity index (χ3v) is 3.60. The molecule has 0 bridgehead atoms. The quantitative estimate of drug-likeness (QED) is 0.887. The van der Waals surface area contributed by atoms with Crippen LogP contribution >= 0.6 is 15.9 Å². The van der Waals surface area contributed by atoms with Crippen LogP contribution < -0.4 is 4.74 Å². The van der Waals surface area contributed by atoms with E-state index in [2.05, 4.69) is 15.9 Å². The Morgan fingerprint density at radius 1 is 1.25 bits per heavy atom. The Kier molecular flexibility index (Phi) is 4.78. The van der Waals surface area contributed by atoms with Crippen LogP contribution in [0.15, 0.2) is 40.9 Å². The van der Waals surface area contributed by atoms with E-state index in [0.29, 0.717) is 12.4 Å². The normalized spacial score (nSPS) is 12.2. The number of aryl methyl sites for hydroxylation is 1. The highest BCUT2D eigenvalue weighted by Gasteiger charge is 2.10. The lowest BCUT2D eigenvalue weighted by molar-refractivity contribution is 0.190. The summed E-state index contributed by atoms with van der Waals surface area (Å²) in [4.78, 5) is 0. The second-order valence-electron chi connectivity index (χ2n) is 4.72. The van der Waals surface area contributed by atoms with Gasteiger partial charge in [-0.25, -0.2) is 4.39 Å². The monoisotopic (exact) mass is 338 g/mol. The van der Waals surface area contributed by atoms with Crippen molar-refractivity contribution in [3.05, 3.63) is 63.4 Å². The summed E-state index contributed by atoms with van der Waals surface area (Å²) in [6.45, 7) is 3.88. The van der Waals surface area contributed by atoms with Crippen LogP contribution in [0.1, 0.15) is 29.7 Å². The zero-order valence-corrected chi connectivity index (χ0v) is 12.9. The standard InChI is InChI=1S/C16H16BrFO2/c1-10-7-14(18)5-3-12(10)9-20-16-6-4-13(17)8-15(16)11(2)19/h3-8,11,19H,9H2,1-2H3. The van der Waals surface area contributed by atoms with Crippen LogP contribution in [0, 0.1) is 12.7 Å². The van der Waals surface area contributed by atoms with Crippen molar-refractivity contribution in [1.29, 1.82) is 0 Å². The molecule has 2 aromatic rings. The van der Waals surface area contributed by atoms with Crippen molar-refractivity contribution < 1.29 is 14.2 Å². The molecule has 0 aliphatic carbocycles. The first-order chi connectivity index (χ1) is 9.47. The van der Waals surface area contributed by atoms with Crippen LogP contribution in [0.4, 0.5) is 4.39 Å². The Bertz CT molecular complexity index is 611. The number of rotatable bonds is 4. The van der Waals surface area contributed by atoms with Crippen LogP contribution in [-0.2, 0) is 6.61 Å². The van der Waals surface area contributed by atoms with Gasteiger partial charge >= 0.3 is 0 Å². The molecule has 2 nitrogen and oxygen atoms in total. The summed E-state index contributed by atoms with van der Waals surface area (Å²) in [6.07, 6.45) is -0.614. The number of hydrogen-bond donors (Lipinski definition) is 1. The molecule has 2 rings (SSSR count). The number of hydrogen-bond acceptors (Lipinski definition) is 2. The van der Waals surface area contributed by atoms with E-state index in [4.69, 9.17) is 4.74 Å². The number of halogens is 2. The fourth-order valence-corrected chi connectivity index (χ4v) is 2.33. The van der Waals surface area contributed by atoms with Crippen LogP contribution in [0.2, 0.25) is 0 Å². The molecule has 0 saturated heterocycles. The van der Waals surface area contributed by atoms with Gasteiger partial charge in [-0.05, 0) is 55.3 Å². The average molecular weight is 339 g/mol. The van der Waals surface area contributed by atoms with Gasteiger partial charge in [0, 0.05) is 10.0 Å². The van der Waals surface area contributed by atoms with Gasteiger partial charge in [-0.1, -0.05) is 22.0 Å². The minimum absolute atomic E-state index is 0.250. The summed E-state index contributed by atoms with van der Waals surface area (Å²) in [6, 6.07) is 10.1. The molecular weight excluding hydrogens is 323 g/mol. The van der Waals surface area contributed by atoms with E-state index in [0.717, 1.165) is 21.2 Å². The molecule has 106 valence electrons. The summed E-state index contributed by atoms with van der Waals surface area (Å²) in [5, 5.41) is 9.77. The fourth-order valence-electron chi connectivity index (χ4n) is 1.95. The summed E-state index contributed by atoms with van der Waals surface area (Å²) >= 11 is 3.37. The van der Waals surface area contributed by atoms with Gasteiger partial charge in [-0.2, -0.15) is 0 Å². The third kappa shape index (κ3) is 3.58. The number of benzene rings is 2. The smallest absolute Gasteiger partial charge is 0.125 e. The maximum atomic E-state index is 13.0. The summed E-state index contributed by atoms with van der Waals surface area (Å²) in [5.41, 5.74) is 2.49. The molecule has 0 aliphatic heterocycles. The van der Waals surface area contributed by atoms with Gasteiger partial charge in [-0.3, -0.25) is 0 Å². The molecule has 20 heavy (non-hydrogen) atoms. The van der Waals surface area contributed by atoms with Gasteiger partial charge in [-0.15, -0.1) is 0 Å². The Morgan fingerprint density at radius 2 is 2.00 bits per heavy atom. The Labute approximate surface area is 126 Å². The molecule has 0 aromatic heterocycles. The van der Waals surface area contributed by atoms with E-state index in [1.165, 1.54) is 12.1 Å². The van der Waals surface area contributed by atoms with Gasteiger partial charge in [0.1, 0.15) is 18.2 Å². The predicted octanol–water partition coefficient (Wildman–Crippen LogP) is 4.53. The number of ether oxygens (including phenoxy) is 1. The van der Waals surface area contributed by atoms with E-state index in [-0.39, 0.29) is 5.82 Å².